The number of rotatable bonds is 4. The van der Waals surface area contributed by atoms with Crippen molar-refractivity contribution < 1.29 is 18.5 Å². The Hall–Kier alpha value is -3.21. The lowest BCUT2D eigenvalue weighted by atomic mass is 9.78. The Bertz CT molecular complexity index is 1630. The molecule has 2 aliphatic rings. The summed E-state index contributed by atoms with van der Waals surface area (Å²) in [7, 11) is -0.660. The summed E-state index contributed by atoms with van der Waals surface area (Å²) >= 11 is 6.30. The van der Waals surface area contributed by atoms with Crippen LogP contribution in [0, 0.1) is 5.82 Å². The van der Waals surface area contributed by atoms with Gasteiger partial charge in [0.15, 0.2) is 5.65 Å². The summed E-state index contributed by atoms with van der Waals surface area (Å²) in [5.41, 5.74) is 2.97. The highest BCUT2D eigenvalue weighted by Gasteiger charge is 2.51. The van der Waals surface area contributed by atoms with Crippen LogP contribution < -0.4 is 5.46 Å². The maximum atomic E-state index is 15.4. The van der Waals surface area contributed by atoms with Crippen molar-refractivity contribution in [3.63, 3.8) is 0 Å². The van der Waals surface area contributed by atoms with Gasteiger partial charge in [-0.3, -0.25) is 4.79 Å². The van der Waals surface area contributed by atoms with Gasteiger partial charge in [0.25, 0.3) is 5.91 Å². The van der Waals surface area contributed by atoms with Gasteiger partial charge < -0.3 is 18.8 Å². The summed E-state index contributed by atoms with van der Waals surface area (Å²) in [6, 6.07) is 12.1. The number of hydrogen-bond acceptors (Lipinski definition) is 5. The van der Waals surface area contributed by atoms with Crippen LogP contribution in [0.15, 0.2) is 42.5 Å². The van der Waals surface area contributed by atoms with Crippen molar-refractivity contribution in [2.24, 2.45) is 0 Å². The van der Waals surface area contributed by atoms with E-state index in [1.54, 1.807) is 28.8 Å². The smallest absolute Gasteiger partial charge is 0.399 e. The van der Waals surface area contributed by atoms with Crippen LogP contribution >= 0.6 is 11.6 Å². The molecule has 3 aromatic heterocycles. The molecule has 8 nitrogen and oxygen atoms in total. The zero-order chi connectivity index (χ0) is 28.6. The molecule has 0 bridgehead atoms. The van der Waals surface area contributed by atoms with Crippen LogP contribution in [-0.2, 0) is 22.3 Å². The van der Waals surface area contributed by atoms with Gasteiger partial charge in [-0.1, -0.05) is 30.7 Å². The van der Waals surface area contributed by atoms with Crippen molar-refractivity contribution in [1.82, 2.24) is 24.1 Å². The standard InChI is InChI=1S/C29H32BClFN5O3/c1-7-19-15-23(27(38)35-12-13-36-24(17(35)2)10-11-25(36)31)33-26-16-22(34-37(19)26)20-9-8-18(14-21(20)32)30-39-28(3,4)29(5,6)40-30/h8-11,14-17H,7,12-13H2,1-6H3. The van der Waals surface area contributed by atoms with Gasteiger partial charge in [-0.25, -0.2) is 13.9 Å². The van der Waals surface area contributed by atoms with Crippen molar-refractivity contribution in [3.05, 3.63) is 70.5 Å². The number of aryl methyl sites for hydroxylation is 1. The van der Waals surface area contributed by atoms with E-state index in [1.807, 2.05) is 63.1 Å². The molecule has 6 rings (SSSR count). The number of halogens is 2. The summed E-state index contributed by atoms with van der Waals surface area (Å²) in [5.74, 6) is -0.595. The lowest BCUT2D eigenvalue weighted by Crippen LogP contribution is -2.41. The molecule has 2 aliphatic heterocycles. The van der Waals surface area contributed by atoms with Gasteiger partial charge in [-0.15, -0.1) is 0 Å². The molecular formula is C29H32BClFN5O3. The second kappa shape index (κ2) is 9.43. The molecule has 5 heterocycles. The predicted octanol–water partition coefficient (Wildman–Crippen LogP) is 5.07. The minimum atomic E-state index is -0.660. The first-order valence-electron chi connectivity index (χ1n) is 13.6. The maximum absolute atomic E-state index is 15.4. The third kappa shape index (κ3) is 4.24. The minimum Gasteiger partial charge on any atom is -0.399 e. The normalized spacial score (nSPS) is 19.9. The van der Waals surface area contributed by atoms with Crippen LogP contribution in [0.25, 0.3) is 16.9 Å². The molecule has 1 saturated heterocycles. The van der Waals surface area contributed by atoms with Crippen LogP contribution in [0.1, 0.15) is 69.5 Å². The van der Waals surface area contributed by atoms with Crippen LogP contribution in [0.4, 0.5) is 4.39 Å². The first-order valence-corrected chi connectivity index (χ1v) is 14.0. The van der Waals surface area contributed by atoms with Crippen molar-refractivity contribution in [1.29, 1.82) is 0 Å². The van der Waals surface area contributed by atoms with Gasteiger partial charge in [0.1, 0.15) is 16.7 Å². The zero-order valence-corrected chi connectivity index (χ0v) is 24.3. The molecule has 0 aliphatic carbocycles. The number of aromatic nitrogens is 4. The van der Waals surface area contributed by atoms with Crippen molar-refractivity contribution in [2.75, 3.05) is 6.54 Å². The molecule has 1 fully saturated rings. The molecule has 1 unspecified atom stereocenters. The van der Waals surface area contributed by atoms with Gasteiger partial charge in [-0.2, -0.15) is 5.10 Å². The number of hydrogen-bond donors (Lipinski definition) is 0. The minimum absolute atomic E-state index is 0.145. The maximum Gasteiger partial charge on any atom is 0.494 e. The Morgan fingerprint density at radius 3 is 2.50 bits per heavy atom. The molecule has 11 heteroatoms. The third-order valence-electron chi connectivity index (χ3n) is 8.56. The van der Waals surface area contributed by atoms with E-state index in [0.29, 0.717) is 52.7 Å². The number of amides is 1. The Morgan fingerprint density at radius 2 is 1.82 bits per heavy atom. The average Bonchev–Trinajstić information content (AvgIpc) is 3.56. The van der Waals surface area contributed by atoms with Crippen LogP contribution in [0.2, 0.25) is 5.15 Å². The first-order chi connectivity index (χ1) is 18.9. The van der Waals surface area contributed by atoms with Gasteiger partial charge in [0.2, 0.25) is 0 Å². The zero-order valence-electron chi connectivity index (χ0n) is 23.5. The molecule has 208 valence electrons. The predicted molar refractivity (Wildman–Crippen MR) is 152 cm³/mol. The molecule has 1 atom stereocenters. The van der Waals surface area contributed by atoms with E-state index < -0.39 is 24.1 Å². The number of nitrogens with zero attached hydrogens (tertiary/aromatic N) is 5. The van der Waals surface area contributed by atoms with E-state index in [1.165, 1.54) is 6.07 Å². The Kier molecular flexibility index (Phi) is 6.36. The molecule has 1 aromatic carbocycles. The van der Waals surface area contributed by atoms with E-state index in [4.69, 9.17) is 20.9 Å². The second-order valence-corrected chi connectivity index (χ2v) is 11.9. The first kappa shape index (κ1) is 27.0. The van der Waals surface area contributed by atoms with E-state index in [0.717, 1.165) is 11.4 Å². The number of carbonyl (C=O) groups excluding carboxylic acids is 1. The highest BCUT2D eigenvalue weighted by Crippen LogP contribution is 2.37. The topological polar surface area (TPSA) is 73.9 Å². The number of fused-ring (bicyclic) bond motifs is 2. The summed E-state index contributed by atoms with van der Waals surface area (Å²) in [4.78, 5) is 20.1. The lowest BCUT2D eigenvalue weighted by molar-refractivity contribution is 0.00578. The van der Waals surface area contributed by atoms with E-state index in [9.17, 15) is 4.79 Å². The quantitative estimate of drug-likeness (QED) is 0.324. The van der Waals surface area contributed by atoms with Crippen LogP contribution in [-0.4, -0.2) is 54.8 Å². The molecule has 4 aromatic rings. The summed E-state index contributed by atoms with van der Waals surface area (Å²) in [5, 5.41) is 5.33. The van der Waals surface area contributed by atoms with Gasteiger partial charge in [0.05, 0.1) is 22.9 Å². The van der Waals surface area contributed by atoms with E-state index in [2.05, 4.69) is 10.1 Å². The molecule has 1 amide bonds. The number of carbonyl (C=O) groups is 1. The van der Waals surface area contributed by atoms with E-state index in [-0.39, 0.29) is 11.9 Å². The van der Waals surface area contributed by atoms with Crippen molar-refractivity contribution in [2.45, 2.75) is 71.8 Å². The SMILES string of the molecule is CCc1cc(C(=O)N2CCn3c(Cl)ccc3C2C)nc2cc(-c3ccc(B4OC(C)(C)C(C)(C)O4)cc3F)nn12. The Balaban J connectivity index is 1.31. The summed E-state index contributed by atoms with van der Waals surface area (Å²) < 4.78 is 31.3. The highest BCUT2D eigenvalue weighted by molar-refractivity contribution is 6.62. The summed E-state index contributed by atoms with van der Waals surface area (Å²) in [6.07, 6.45) is 0.623. The largest absolute Gasteiger partial charge is 0.494 e. The van der Waals surface area contributed by atoms with Crippen molar-refractivity contribution in [3.8, 4) is 11.3 Å². The third-order valence-corrected chi connectivity index (χ3v) is 8.89. The molecule has 40 heavy (non-hydrogen) atoms. The average molecular weight is 564 g/mol. The fourth-order valence-corrected chi connectivity index (χ4v) is 5.68. The fraction of sp³-hybridized carbons (Fsp3) is 0.414. The number of benzene rings is 1. The van der Waals surface area contributed by atoms with E-state index >= 15 is 4.39 Å². The summed E-state index contributed by atoms with van der Waals surface area (Å²) in [6.45, 7) is 13.0. The molecule has 0 spiro atoms. The molecule has 0 radical (unpaired) electrons. The highest BCUT2D eigenvalue weighted by atomic mass is 35.5. The Labute approximate surface area is 238 Å². The fourth-order valence-electron chi connectivity index (χ4n) is 5.44. The molecule has 0 N–H and O–H groups in total. The molecular weight excluding hydrogens is 532 g/mol. The molecule has 0 saturated carbocycles. The Morgan fingerprint density at radius 1 is 1.10 bits per heavy atom. The van der Waals surface area contributed by atoms with Gasteiger partial charge in [-0.05, 0) is 70.8 Å². The lowest BCUT2D eigenvalue weighted by Gasteiger charge is -2.35. The van der Waals surface area contributed by atoms with Gasteiger partial charge >= 0.3 is 7.12 Å². The van der Waals surface area contributed by atoms with Gasteiger partial charge in [0, 0.05) is 36.1 Å². The van der Waals surface area contributed by atoms with Crippen LogP contribution in [0.3, 0.4) is 0 Å². The van der Waals surface area contributed by atoms with Crippen LogP contribution in [0.5, 0.6) is 0 Å². The second-order valence-electron chi connectivity index (χ2n) is 11.5. The monoisotopic (exact) mass is 563 g/mol. The van der Waals surface area contributed by atoms with Crippen molar-refractivity contribution >= 4 is 35.7 Å².